The topological polar surface area (TPSA) is 105 Å². The van der Waals surface area contributed by atoms with Crippen molar-refractivity contribution in [2.24, 2.45) is 0 Å². The van der Waals surface area contributed by atoms with E-state index in [1.165, 1.54) is 27.9 Å². The van der Waals surface area contributed by atoms with Crippen molar-refractivity contribution in [3.63, 3.8) is 0 Å². The number of hydrogen-bond donors (Lipinski definition) is 0. The highest BCUT2D eigenvalue weighted by atomic mass is 19.1. The van der Waals surface area contributed by atoms with Gasteiger partial charge in [-0.2, -0.15) is 5.10 Å². The van der Waals surface area contributed by atoms with Gasteiger partial charge in [0.2, 0.25) is 11.8 Å². The van der Waals surface area contributed by atoms with Crippen molar-refractivity contribution in [3.05, 3.63) is 36.3 Å². The van der Waals surface area contributed by atoms with E-state index in [2.05, 4.69) is 15.1 Å². The predicted octanol–water partition coefficient (Wildman–Crippen LogP) is 2.10. The van der Waals surface area contributed by atoms with E-state index >= 15 is 4.39 Å². The lowest BCUT2D eigenvalue weighted by molar-refractivity contribution is -0.126. The first kappa shape index (κ1) is 20.1. The molecule has 2 saturated heterocycles. The van der Waals surface area contributed by atoms with Crippen LogP contribution < -0.4 is 9.64 Å². The van der Waals surface area contributed by atoms with Gasteiger partial charge in [-0.05, 0) is 18.9 Å². The number of piperazine rings is 1. The molecule has 5 heterocycles. The molecule has 0 unspecified atom stereocenters. The maximum atomic E-state index is 15.1. The summed E-state index contributed by atoms with van der Waals surface area (Å²) in [5, 5.41) is 4.18. The molecule has 2 amide bonds. The first-order valence-electron chi connectivity index (χ1n) is 13.4. The monoisotopic (exact) mass is 516 g/mol. The Morgan fingerprint density at radius 1 is 1.14 bits per heavy atom. The number of fused-ring (bicyclic) bond motifs is 1. The number of carbonyl (C=O) groups is 2. The molecule has 6 rings (SSSR count). The molecule has 1 saturated carbocycles. The number of likely N-dealkylation sites (tertiary alicyclic amines) is 1. The number of anilines is 1. The van der Waals surface area contributed by atoms with Gasteiger partial charge in [0.25, 0.3) is 0 Å². The summed E-state index contributed by atoms with van der Waals surface area (Å²) in [6.45, 7) is -1.93. The van der Waals surface area contributed by atoms with E-state index in [0.717, 1.165) is 23.9 Å². The van der Waals surface area contributed by atoms with Crippen molar-refractivity contribution >= 4 is 23.5 Å². The van der Waals surface area contributed by atoms with Crippen molar-refractivity contribution in [2.75, 3.05) is 44.6 Å². The van der Waals surface area contributed by atoms with Crippen LogP contribution in [0.5, 0.6) is 5.88 Å². The summed E-state index contributed by atoms with van der Waals surface area (Å²) < 4.78 is 63.9. The van der Waals surface area contributed by atoms with E-state index in [-0.39, 0.29) is 62.6 Å². The Hall–Kier alpha value is -4.03. The van der Waals surface area contributed by atoms with Gasteiger partial charge < -0.3 is 24.2 Å². The summed E-state index contributed by atoms with van der Waals surface area (Å²) in [6, 6.07) is 1.28. The average molecular weight is 517 g/mol. The second-order valence-corrected chi connectivity index (χ2v) is 9.25. The van der Waals surface area contributed by atoms with Crippen LogP contribution in [0.3, 0.4) is 0 Å². The minimum absolute atomic E-state index is 0.0251. The normalized spacial score (nSPS) is 21.7. The fourth-order valence-corrected chi connectivity index (χ4v) is 4.42. The number of carbonyl (C=O) groups excluding carboxylic acids is 2. The second kappa shape index (κ2) is 9.12. The van der Waals surface area contributed by atoms with Crippen molar-refractivity contribution in [3.8, 4) is 17.0 Å². The zero-order valence-corrected chi connectivity index (χ0v) is 19.6. The molecule has 0 bridgehead atoms. The summed E-state index contributed by atoms with van der Waals surface area (Å²) in [7, 11) is 0. The van der Waals surface area contributed by atoms with E-state index < -0.39 is 36.7 Å². The molecule has 37 heavy (non-hydrogen) atoms. The average Bonchev–Trinajstić information content (AvgIpc) is 3.51. The Kier molecular flexibility index (Phi) is 4.95. The molecule has 0 N–H and O–H groups in total. The third kappa shape index (κ3) is 4.60. The Bertz CT molecular complexity index is 1470. The van der Waals surface area contributed by atoms with Gasteiger partial charge in [0, 0.05) is 37.3 Å². The number of ether oxygens (including phenoxy) is 2. The molecular formula is C24H25F2N7O4. The largest absolute Gasteiger partial charge is 0.474 e. The van der Waals surface area contributed by atoms with Gasteiger partial charge in [0.1, 0.15) is 18.0 Å². The van der Waals surface area contributed by atoms with Gasteiger partial charge >= 0.3 is 6.09 Å². The molecule has 3 aromatic heterocycles. The van der Waals surface area contributed by atoms with Gasteiger partial charge in [-0.3, -0.25) is 4.79 Å². The van der Waals surface area contributed by atoms with Crippen molar-refractivity contribution in [1.29, 1.82) is 0 Å². The smallest absolute Gasteiger partial charge is 0.410 e. The van der Waals surface area contributed by atoms with Crippen LogP contribution in [0.2, 0.25) is 0 Å². The summed E-state index contributed by atoms with van der Waals surface area (Å²) in [5.74, 6) is -1.48. The summed E-state index contributed by atoms with van der Waals surface area (Å²) in [6.07, 6.45) is 3.79. The lowest BCUT2D eigenvalue weighted by atomic mass is 10.1. The number of hydrogen-bond acceptors (Lipinski definition) is 8. The van der Waals surface area contributed by atoms with Gasteiger partial charge in [-0.1, -0.05) is 0 Å². The standard InChI is InChI=1S/C24H25F2N7O4/c1-30-12-16(9-20(30)34)37-24(35)32-6-4-31(5-7-32)22-19(26)13-33-21(29-22)18(11-28-33)17-8-14(25)10-27-23(17)36-15-2-3-15/h8,10-11,13,15-16H,2-7,9,12H2,1H3/t16-/m0/s1/i1D3. The molecule has 0 spiro atoms. The van der Waals surface area contributed by atoms with Gasteiger partial charge in [-0.15, -0.1) is 0 Å². The van der Waals surface area contributed by atoms with Crippen LogP contribution in [-0.4, -0.2) is 93.3 Å². The third-order valence-electron chi connectivity index (χ3n) is 6.54. The Balaban J connectivity index is 1.16. The Morgan fingerprint density at radius 3 is 2.68 bits per heavy atom. The third-order valence-corrected chi connectivity index (χ3v) is 6.54. The number of amides is 2. The highest BCUT2D eigenvalue weighted by molar-refractivity contribution is 5.81. The van der Waals surface area contributed by atoms with Crippen LogP contribution in [0.25, 0.3) is 16.8 Å². The fraction of sp³-hybridized carbons (Fsp3) is 0.458. The molecule has 3 aromatic rings. The maximum Gasteiger partial charge on any atom is 0.410 e. The molecular weight excluding hydrogens is 488 g/mol. The molecule has 2 aliphatic heterocycles. The van der Waals surface area contributed by atoms with Crippen LogP contribution in [0.1, 0.15) is 23.4 Å². The molecule has 0 aromatic carbocycles. The second-order valence-electron chi connectivity index (χ2n) is 9.25. The Labute approximate surface area is 214 Å². The SMILES string of the molecule is [2H]C([2H])([2H])N1C[C@@H](OC(=O)N2CCN(c3nc4c(-c5cc(F)cnc5OC5CC5)cnn4cc3F)CC2)CC1=O. The van der Waals surface area contributed by atoms with Gasteiger partial charge in [0.15, 0.2) is 17.3 Å². The van der Waals surface area contributed by atoms with E-state index in [1.54, 1.807) is 4.90 Å². The fourth-order valence-electron chi connectivity index (χ4n) is 4.42. The summed E-state index contributed by atoms with van der Waals surface area (Å²) >= 11 is 0. The van der Waals surface area contributed by atoms with Crippen molar-refractivity contribution < 1.29 is 32.0 Å². The summed E-state index contributed by atoms with van der Waals surface area (Å²) in [5.41, 5.74) is 1.08. The molecule has 0 radical (unpaired) electrons. The van der Waals surface area contributed by atoms with Crippen molar-refractivity contribution in [1.82, 2.24) is 29.4 Å². The van der Waals surface area contributed by atoms with Crippen LogP contribution >= 0.6 is 0 Å². The highest BCUT2D eigenvalue weighted by Gasteiger charge is 2.33. The Morgan fingerprint density at radius 2 is 1.95 bits per heavy atom. The molecule has 11 nitrogen and oxygen atoms in total. The van der Waals surface area contributed by atoms with Crippen LogP contribution in [-0.2, 0) is 9.53 Å². The van der Waals surface area contributed by atoms with Gasteiger partial charge in [0.05, 0.1) is 42.7 Å². The highest BCUT2D eigenvalue weighted by Crippen LogP contribution is 2.36. The number of likely N-dealkylation sites (N-methyl/N-ethyl adjacent to an activating group) is 1. The molecule has 1 aliphatic carbocycles. The lowest BCUT2D eigenvalue weighted by Gasteiger charge is -2.35. The van der Waals surface area contributed by atoms with E-state index in [9.17, 15) is 14.0 Å². The number of nitrogens with zero attached hydrogens (tertiary/aromatic N) is 7. The van der Waals surface area contributed by atoms with Crippen LogP contribution in [0.15, 0.2) is 24.7 Å². The summed E-state index contributed by atoms with van der Waals surface area (Å²) in [4.78, 5) is 37.1. The minimum atomic E-state index is -2.59. The zero-order valence-electron chi connectivity index (χ0n) is 22.6. The number of pyridine rings is 1. The minimum Gasteiger partial charge on any atom is -0.474 e. The molecule has 194 valence electrons. The molecule has 3 fully saturated rings. The van der Waals surface area contributed by atoms with Crippen molar-refractivity contribution in [2.45, 2.75) is 31.5 Å². The first-order valence-corrected chi connectivity index (χ1v) is 11.9. The van der Waals surface area contributed by atoms with E-state index in [1.807, 2.05) is 0 Å². The van der Waals surface area contributed by atoms with Crippen LogP contribution in [0, 0.1) is 11.6 Å². The zero-order chi connectivity index (χ0) is 28.2. The number of rotatable bonds is 5. The molecule has 3 aliphatic rings. The quantitative estimate of drug-likeness (QED) is 0.508. The first-order chi connectivity index (χ1) is 19.1. The predicted molar refractivity (Wildman–Crippen MR) is 126 cm³/mol. The van der Waals surface area contributed by atoms with E-state index in [4.69, 9.17) is 13.6 Å². The number of halogens is 2. The maximum absolute atomic E-state index is 15.1. The lowest BCUT2D eigenvalue weighted by Crippen LogP contribution is -2.50. The van der Waals surface area contributed by atoms with Crippen LogP contribution in [0.4, 0.5) is 19.4 Å². The molecule has 1 atom stereocenters. The molecule has 13 heteroatoms. The van der Waals surface area contributed by atoms with Gasteiger partial charge in [-0.25, -0.2) is 28.1 Å². The van der Waals surface area contributed by atoms with E-state index in [0.29, 0.717) is 11.1 Å². The number of aromatic nitrogens is 4.